The second-order valence-electron chi connectivity index (χ2n) is 4.33. The van der Waals surface area contributed by atoms with Gasteiger partial charge in [-0.05, 0) is 24.3 Å². The molecule has 4 nitrogen and oxygen atoms in total. The minimum Gasteiger partial charge on any atom is -0.457 e. The van der Waals surface area contributed by atoms with Crippen molar-refractivity contribution in [1.82, 2.24) is 14.8 Å². The molecule has 0 unspecified atom stereocenters. The fourth-order valence-electron chi connectivity index (χ4n) is 1.80. The number of hydrogen-bond donors (Lipinski definition) is 0. The Hall–Kier alpha value is -2.04. The maximum atomic E-state index is 6.09. The highest BCUT2D eigenvalue weighted by molar-refractivity contribution is 6.35. The molecule has 6 heteroatoms. The minimum atomic E-state index is 0.287. The average Bonchev–Trinajstić information content (AvgIpc) is 2.96. The molecule has 0 fully saturated rings. The lowest BCUT2D eigenvalue weighted by Crippen LogP contribution is -1.99. The van der Waals surface area contributed by atoms with Crippen LogP contribution in [-0.2, 0) is 6.61 Å². The van der Waals surface area contributed by atoms with Crippen LogP contribution in [0.3, 0.4) is 0 Å². The molecular weight excluding hydrogens is 309 g/mol. The highest BCUT2D eigenvalue weighted by Crippen LogP contribution is 2.22. The Kier molecular flexibility index (Phi) is 4.08. The maximum absolute atomic E-state index is 6.09. The van der Waals surface area contributed by atoms with Crippen LogP contribution >= 0.6 is 23.2 Å². The first-order valence-electron chi connectivity index (χ1n) is 6.26. The molecule has 0 aliphatic carbocycles. The van der Waals surface area contributed by atoms with Gasteiger partial charge < -0.3 is 4.74 Å². The van der Waals surface area contributed by atoms with Crippen molar-refractivity contribution in [3.05, 3.63) is 70.5 Å². The zero-order valence-electron chi connectivity index (χ0n) is 10.9. The zero-order valence-corrected chi connectivity index (χ0v) is 12.4. The van der Waals surface area contributed by atoms with E-state index in [1.165, 1.54) is 0 Å². The minimum absolute atomic E-state index is 0.287. The van der Waals surface area contributed by atoms with Crippen LogP contribution in [-0.4, -0.2) is 14.8 Å². The van der Waals surface area contributed by atoms with E-state index >= 15 is 0 Å². The molecule has 1 heterocycles. The molecule has 0 radical (unpaired) electrons. The van der Waals surface area contributed by atoms with Crippen molar-refractivity contribution in [2.24, 2.45) is 0 Å². The smallest absolute Gasteiger partial charge is 0.336 e. The summed E-state index contributed by atoms with van der Waals surface area (Å²) < 4.78 is 7.20. The summed E-state index contributed by atoms with van der Waals surface area (Å²) in [6, 6.07) is 15.3. The molecule has 1 aromatic heterocycles. The third-order valence-corrected chi connectivity index (χ3v) is 3.45. The molecule has 2 aromatic carbocycles. The van der Waals surface area contributed by atoms with Crippen molar-refractivity contribution in [2.75, 3.05) is 0 Å². The Balaban J connectivity index is 1.70. The van der Waals surface area contributed by atoms with Crippen molar-refractivity contribution in [3.63, 3.8) is 0 Å². The molecule has 106 valence electrons. The molecule has 0 saturated heterocycles. The highest BCUT2D eigenvalue weighted by Gasteiger charge is 2.06. The molecule has 0 aliphatic heterocycles. The molecule has 21 heavy (non-hydrogen) atoms. The van der Waals surface area contributed by atoms with Crippen molar-refractivity contribution in [3.8, 4) is 11.7 Å². The van der Waals surface area contributed by atoms with E-state index in [0.29, 0.717) is 16.1 Å². The number of hydrogen-bond acceptors (Lipinski definition) is 3. The molecule has 0 N–H and O–H groups in total. The van der Waals surface area contributed by atoms with Crippen LogP contribution in [0.1, 0.15) is 5.56 Å². The third-order valence-electron chi connectivity index (χ3n) is 2.86. The fraction of sp³-hybridized carbons (Fsp3) is 0.0667. The summed E-state index contributed by atoms with van der Waals surface area (Å²) in [5.41, 5.74) is 1.75. The van der Waals surface area contributed by atoms with Gasteiger partial charge in [0.15, 0.2) is 0 Å². The van der Waals surface area contributed by atoms with E-state index in [2.05, 4.69) is 10.1 Å². The Bertz CT molecular complexity index is 744. The SMILES string of the molecule is Clc1ccc(COc2ncn(-c3ccccc3)n2)c(Cl)c1. The predicted octanol–water partition coefficient (Wildman–Crippen LogP) is 4.15. The van der Waals surface area contributed by atoms with Gasteiger partial charge in [-0.1, -0.05) is 47.5 Å². The van der Waals surface area contributed by atoms with Crippen LogP contribution < -0.4 is 4.74 Å². The monoisotopic (exact) mass is 319 g/mol. The summed E-state index contributed by atoms with van der Waals surface area (Å²) in [7, 11) is 0. The van der Waals surface area contributed by atoms with E-state index in [4.69, 9.17) is 27.9 Å². The molecule has 0 atom stereocenters. The summed E-state index contributed by atoms with van der Waals surface area (Å²) in [4.78, 5) is 4.12. The van der Waals surface area contributed by atoms with Gasteiger partial charge in [0.1, 0.15) is 12.9 Å². The van der Waals surface area contributed by atoms with Gasteiger partial charge in [0.05, 0.1) is 5.69 Å². The van der Waals surface area contributed by atoms with E-state index in [9.17, 15) is 0 Å². The number of benzene rings is 2. The first-order chi connectivity index (χ1) is 10.2. The van der Waals surface area contributed by atoms with Gasteiger partial charge in [-0.25, -0.2) is 4.68 Å². The number of rotatable bonds is 4. The number of aromatic nitrogens is 3. The molecule has 0 aliphatic rings. The normalized spacial score (nSPS) is 10.6. The van der Waals surface area contributed by atoms with Crippen LogP contribution in [0.25, 0.3) is 5.69 Å². The van der Waals surface area contributed by atoms with Crippen LogP contribution in [0.15, 0.2) is 54.9 Å². The zero-order chi connectivity index (χ0) is 14.7. The van der Waals surface area contributed by atoms with Crippen molar-refractivity contribution in [1.29, 1.82) is 0 Å². The molecular formula is C15H11Cl2N3O. The predicted molar refractivity (Wildman–Crippen MR) is 82.2 cm³/mol. The van der Waals surface area contributed by atoms with Crippen LogP contribution in [0.4, 0.5) is 0 Å². The van der Waals surface area contributed by atoms with Gasteiger partial charge in [0.25, 0.3) is 0 Å². The summed E-state index contributed by atoms with van der Waals surface area (Å²) >= 11 is 11.9. The number of halogens is 2. The highest BCUT2D eigenvalue weighted by atomic mass is 35.5. The standard InChI is InChI=1S/C15H11Cl2N3O/c16-12-7-6-11(14(17)8-12)9-21-15-18-10-20(19-15)13-4-2-1-3-5-13/h1-8,10H,9H2. The van der Waals surface area contributed by atoms with E-state index in [1.54, 1.807) is 23.1 Å². The summed E-state index contributed by atoms with van der Waals surface area (Å²) in [6.45, 7) is 0.287. The molecule has 0 amide bonds. The number of nitrogens with zero attached hydrogens (tertiary/aromatic N) is 3. The molecule has 0 bridgehead atoms. The lowest BCUT2D eigenvalue weighted by molar-refractivity contribution is 0.281. The van der Waals surface area contributed by atoms with Crippen molar-refractivity contribution >= 4 is 23.2 Å². The number of ether oxygens (including phenoxy) is 1. The second kappa shape index (κ2) is 6.16. The fourth-order valence-corrected chi connectivity index (χ4v) is 2.26. The van der Waals surface area contributed by atoms with E-state index < -0.39 is 0 Å². The van der Waals surface area contributed by atoms with Gasteiger partial charge in [-0.2, -0.15) is 4.98 Å². The first-order valence-corrected chi connectivity index (χ1v) is 7.02. The first kappa shape index (κ1) is 13.9. The largest absolute Gasteiger partial charge is 0.457 e. The van der Waals surface area contributed by atoms with Crippen LogP contribution in [0.5, 0.6) is 6.01 Å². The molecule has 0 saturated carbocycles. The van der Waals surface area contributed by atoms with Gasteiger partial charge in [-0.3, -0.25) is 0 Å². The third kappa shape index (κ3) is 3.35. The molecule has 0 spiro atoms. The van der Waals surface area contributed by atoms with E-state index in [0.717, 1.165) is 11.3 Å². The average molecular weight is 320 g/mol. The Morgan fingerprint density at radius 2 is 1.86 bits per heavy atom. The Morgan fingerprint density at radius 3 is 2.62 bits per heavy atom. The summed E-state index contributed by atoms with van der Waals surface area (Å²) in [6.07, 6.45) is 1.61. The lowest BCUT2D eigenvalue weighted by atomic mass is 10.2. The van der Waals surface area contributed by atoms with Crippen molar-refractivity contribution in [2.45, 2.75) is 6.61 Å². The van der Waals surface area contributed by atoms with Crippen LogP contribution in [0, 0.1) is 0 Å². The van der Waals surface area contributed by atoms with Gasteiger partial charge in [0, 0.05) is 15.6 Å². The summed E-state index contributed by atoms with van der Waals surface area (Å²) in [5.74, 6) is 0. The van der Waals surface area contributed by atoms with E-state index in [-0.39, 0.29) is 6.61 Å². The maximum Gasteiger partial charge on any atom is 0.336 e. The van der Waals surface area contributed by atoms with E-state index in [1.807, 2.05) is 36.4 Å². The quantitative estimate of drug-likeness (QED) is 0.725. The van der Waals surface area contributed by atoms with Gasteiger partial charge in [0.2, 0.25) is 0 Å². The van der Waals surface area contributed by atoms with Crippen molar-refractivity contribution < 1.29 is 4.74 Å². The van der Waals surface area contributed by atoms with Crippen LogP contribution in [0.2, 0.25) is 10.0 Å². The summed E-state index contributed by atoms with van der Waals surface area (Å²) in [5, 5.41) is 5.41. The lowest BCUT2D eigenvalue weighted by Gasteiger charge is -2.04. The number of para-hydroxylation sites is 1. The van der Waals surface area contributed by atoms with Gasteiger partial charge in [-0.15, -0.1) is 5.10 Å². The second-order valence-corrected chi connectivity index (χ2v) is 5.18. The molecule has 3 aromatic rings. The topological polar surface area (TPSA) is 39.9 Å². The molecule has 3 rings (SSSR count). The Morgan fingerprint density at radius 1 is 1.05 bits per heavy atom. The van der Waals surface area contributed by atoms with Gasteiger partial charge >= 0.3 is 6.01 Å². The Labute approximate surface area is 131 Å².